The van der Waals surface area contributed by atoms with Gasteiger partial charge in [0.2, 0.25) is 0 Å². The third-order valence-electron chi connectivity index (χ3n) is 3.89. The second-order valence-corrected chi connectivity index (χ2v) is 7.17. The Morgan fingerprint density at radius 2 is 1.76 bits per heavy atom. The first kappa shape index (κ1) is 15.0. The van der Waals surface area contributed by atoms with Gasteiger partial charge in [-0.1, -0.05) is 27.7 Å². The maximum Gasteiger partial charge on any atom is 0.00390 e. The lowest BCUT2D eigenvalue weighted by Gasteiger charge is -2.30. The highest BCUT2D eigenvalue weighted by molar-refractivity contribution is 4.78. The fourth-order valence-electron chi connectivity index (χ4n) is 3.18. The third kappa shape index (κ3) is 6.42. The van der Waals surface area contributed by atoms with Crippen LogP contribution in [-0.4, -0.2) is 19.1 Å². The molecule has 0 aromatic carbocycles. The van der Waals surface area contributed by atoms with Crippen molar-refractivity contribution in [2.45, 2.75) is 65.8 Å². The van der Waals surface area contributed by atoms with E-state index < -0.39 is 0 Å². The van der Waals surface area contributed by atoms with Gasteiger partial charge in [0.05, 0.1) is 0 Å². The molecule has 0 radical (unpaired) electrons. The van der Waals surface area contributed by atoms with E-state index in [0.717, 1.165) is 18.4 Å². The summed E-state index contributed by atoms with van der Waals surface area (Å²) >= 11 is 0. The highest BCUT2D eigenvalue weighted by Gasteiger charge is 2.21. The van der Waals surface area contributed by atoms with E-state index in [0.29, 0.717) is 11.5 Å². The zero-order chi connectivity index (χ0) is 12.9. The molecule has 1 aliphatic carbocycles. The Kier molecular flexibility index (Phi) is 5.94. The Morgan fingerprint density at radius 1 is 1.18 bits per heavy atom. The lowest BCUT2D eigenvalue weighted by Crippen LogP contribution is -2.36. The van der Waals surface area contributed by atoms with Crippen molar-refractivity contribution in [3.63, 3.8) is 0 Å². The van der Waals surface area contributed by atoms with E-state index in [1.165, 1.54) is 38.6 Å². The molecule has 1 aliphatic rings. The van der Waals surface area contributed by atoms with E-state index in [-0.39, 0.29) is 0 Å². The van der Waals surface area contributed by atoms with Gasteiger partial charge >= 0.3 is 0 Å². The molecule has 2 heteroatoms. The number of hydrogen-bond donors (Lipinski definition) is 2. The molecule has 0 atom stereocenters. The average Bonchev–Trinajstić information content (AvgIpc) is 2.18. The Balaban J connectivity index is 2.14. The van der Waals surface area contributed by atoms with Crippen LogP contribution in [0.15, 0.2) is 0 Å². The molecular weight excluding hydrogens is 208 g/mol. The summed E-state index contributed by atoms with van der Waals surface area (Å²) in [6, 6.07) is 0.476. The van der Waals surface area contributed by atoms with Crippen LogP contribution in [0.3, 0.4) is 0 Å². The molecule has 0 aliphatic heterocycles. The molecule has 1 rings (SSSR count). The molecule has 102 valence electrons. The Bertz CT molecular complexity index is 203. The molecule has 2 nitrogen and oxygen atoms in total. The van der Waals surface area contributed by atoms with Crippen LogP contribution in [0.1, 0.15) is 59.8 Å². The normalized spacial score (nSPS) is 26.5. The van der Waals surface area contributed by atoms with Crippen molar-refractivity contribution >= 4 is 0 Å². The first-order valence-electron chi connectivity index (χ1n) is 7.35. The van der Waals surface area contributed by atoms with Crippen molar-refractivity contribution in [1.29, 1.82) is 0 Å². The minimum absolute atomic E-state index is 0.430. The van der Waals surface area contributed by atoms with E-state index in [9.17, 15) is 0 Å². The van der Waals surface area contributed by atoms with E-state index >= 15 is 0 Å². The van der Waals surface area contributed by atoms with Crippen LogP contribution in [0.2, 0.25) is 0 Å². The van der Waals surface area contributed by atoms with E-state index in [1.807, 2.05) is 0 Å². The molecule has 0 unspecified atom stereocenters. The molecule has 0 spiro atoms. The number of nitrogens with one attached hydrogen (secondary N) is 1. The number of nitrogens with two attached hydrogens (primary N) is 1. The summed E-state index contributed by atoms with van der Waals surface area (Å²) in [5.41, 5.74) is 6.36. The molecule has 0 saturated heterocycles. The van der Waals surface area contributed by atoms with Crippen LogP contribution >= 0.6 is 0 Å². The van der Waals surface area contributed by atoms with Gasteiger partial charge in [0, 0.05) is 12.6 Å². The predicted octanol–water partition coefficient (Wildman–Crippen LogP) is 3.17. The highest BCUT2D eigenvalue weighted by Crippen LogP contribution is 2.25. The Morgan fingerprint density at radius 3 is 2.29 bits per heavy atom. The van der Waals surface area contributed by atoms with Crippen LogP contribution in [-0.2, 0) is 0 Å². The third-order valence-corrected chi connectivity index (χ3v) is 3.89. The summed E-state index contributed by atoms with van der Waals surface area (Å²) in [5, 5.41) is 3.67. The molecule has 0 bridgehead atoms. The fourth-order valence-corrected chi connectivity index (χ4v) is 3.18. The maximum atomic E-state index is 5.93. The van der Waals surface area contributed by atoms with E-state index in [2.05, 4.69) is 33.0 Å². The number of rotatable bonds is 6. The van der Waals surface area contributed by atoms with E-state index in [4.69, 9.17) is 5.73 Å². The first-order chi connectivity index (χ1) is 7.89. The number of hydrogen-bond acceptors (Lipinski definition) is 2. The second-order valence-electron chi connectivity index (χ2n) is 7.17. The largest absolute Gasteiger partial charge is 0.328 e. The van der Waals surface area contributed by atoms with Crippen LogP contribution in [0, 0.1) is 17.3 Å². The second kappa shape index (κ2) is 6.75. The zero-order valence-corrected chi connectivity index (χ0v) is 12.3. The van der Waals surface area contributed by atoms with Gasteiger partial charge < -0.3 is 11.1 Å². The zero-order valence-electron chi connectivity index (χ0n) is 12.3. The summed E-state index contributed by atoms with van der Waals surface area (Å²) in [7, 11) is 0. The van der Waals surface area contributed by atoms with Crippen LogP contribution in [0.5, 0.6) is 0 Å². The smallest absolute Gasteiger partial charge is 0.00390 e. The topological polar surface area (TPSA) is 38.0 Å². The van der Waals surface area contributed by atoms with Gasteiger partial charge in [0.1, 0.15) is 0 Å². The molecule has 0 heterocycles. The standard InChI is InChI=1S/C15H32N2/c1-12(2)9-15(3,4)11-17-10-13-5-7-14(16)8-6-13/h12-14,17H,5-11,16H2,1-4H3. The van der Waals surface area contributed by atoms with Crippen molar-refractivity contribution in [3.8, 4) is 0 Å². The van der Waals surface area contributed by atoms with Crippen molar-refractivity contribution in [2.24, 2.45) is 23.0 Å². The Hall–Kier alpha value is -0.0800. The van der Waals surface area contributed by atoms with Gasteiger partial charge in [-0.25, -0.2) is 0 Å². The van der Waals surface area contributed by atoms with Gasteiger partial charge in [-0.3, -0.25) is 0 Å². The first-order valence-corrected chi connectivity index (χ1v) is 7.35. The molecular formula is C15H32N2. The van der Waals surface area contributed by atoms with Gasteiger partial charge in [-0.05, 0) is 55.9 Å². The van der Waals surface area contributed by atoms with Crippen LogP contribution in [0.25, 0.3) is 0 Å². The summed E-state index contributed by atoms with van der Waals surface area (Å²) < 4.78 is 0. The average molecular weight is 240 g/mol. The maximum absolute atomic E-state index is 5.93. The van der Waals surface area contributed by atoms with Gasteiger partial charge in [0.25, 0.3) is 0 Å². The van der Waals surface area contributed by atoms with Crippen molar-refractivity contribution in [2.75, 3.05) is 13.1 Å². The van der Waals surface area contributed by atoms with Crippen molar-refractivity contribution in [3.05, 3.63) is 0 Å². The van der Waals surface area contributed by atoms with Crippen molar-refractivity contribution in [1.82, 2.24) is 5.32 Å². The van der Waals surface area contributed by atoms with Gasteiger partial charge in [-0.2, -0.15) is 0 Å². The molecule has 0 amide bonds. The lowest BCUT2D eigenvalue weighted by molar-refractivity contribution is 0.252. The van der Waals surface area contributed by atoms with Crippen LogP contribution in [0.4, 0.5) is 0 Å². The molecule has 1 saturated carbocycles. The van der Waals surface area contributed by atoms with Gasteiger partial charge in [-0.15, -0.1) is 0 Å². The summed E-state index contributed by atoms with van der Waals surface area (Å²) in [4.78, 5) is 0. The van der Waals surface area contributed by atoms with Crippen LogP contribution < -0.4 is 11.1 Å². The summed E-state index contributed by atoms with van der Waals surface area (Å²) in [5.74, 6) is 1.66. The molecule has 3 N–H and O–H groups in total. The summed E-state index contributed by atoms with van der Waals surface area (Å²) in [6.45, 7) is 11.7. The Labute approximate surface area is 108 Å². The minimum atomic E-state index is 0.430. The monoisotopic (exact) mass is 240 g/mol. The predicted molar refractivity (Wildman–Crippen MR) is 76.0 cm³/mol. The minimum Gasteiger partial charge on any atom is -0.328 e. The molecule has 17 heavy (non-hydrogen) atoms. The quantitative estimate of drug-likeness (QED) is 0.748. The molecule has 1 fully saturated rings. The fraction of sp³-hybridized carbons (Fsp3) is 1.00. The summed E-state index contributed by atoms with van der Waals surface area (Å²) in [6.07, 6.45) is 6.39. The molecule has 0 aromatic rings. The SMILES string of the molecule is CC(C)CC(C)(C)CNCC1CCC(N)CC1. The van der Waals surface area contributed by atoms with Crippen molar-refractivity contribution < 1.29 is 0 Å². The lowest BCUT2D eigenvalue weighted by atomic mass is 9.83. The molecule has 0 aromatic heterocycles. The van der Waals surface area contributed by atoms with Gasteiger partial charge in [0.15, 0.2) is 0 Å². The highest BCUT2D eigenvalue weighted by atomic mass is 14.9. The van der Waals surface area contributed by atoms with E-state index in [1.54, 1.807) is 0 Å².